The van der Waals surface area contributed by atoms with Gasteiger partial charge in [-0.25, -0.2) is 0 Å². The maximum atomic E-state index is 12.2. The lowest BCUT2D eigenvalue weighted by molar-refractivity contribution is -0.134. The molecule has 0 aromatic heterocycles. The minimum Gasteiger partial charge on any atom is -0.373 e. The van der Waals surface area contributed by atoms with Crippen molar-refractivity contribution in [2.75, 3.05) is 18.4 Å². The number of halogens is 1. The number of primary amides is 1. The Balaban J connectivity index is 1.96. The molecule has 0 radical (unpaired) electrons. The van der Waals surface area contributed by atoms with Gasteiger partial charge in [-0.15, -0.1) is 0 Å². The number of hydrogen-bond acceptors (Lipinski definition) is 3. The number of hydrogen-bond donors (Lipinski definition) is 2. The summed E-state index contributed by atoms with van der Waals surface area (Å²) in [5, 5.41) is 3.03. The Hall–Kier alpha value is -1.56. The van der Waals surface area contributed by atoms with Crippen molar-refractivity contribution in [1.82, 2.24) is 4.90 Å². The lowest BCUT2D eigenvalue weighted by Crippen LogP contribution is -2.43. The average Bonchev–Trinajstić information content (AvgIpc) is 2.49. The van der Waals surface area contributed by atoms with Crippen LogP contribution in [0.15, 0.2) is 28.7 Å². The first-order chi connectivity index (χ1) is 10.1. The smallest absolute Gasteiger partial charge is 0.240 e. The number of likely N-dealkylation sites (tertiary alicyclic amines) is 1. The van der Waals surface area contributed by atoms with Crippen molar-refractivity contribution in [3.8, 4) is 0 Å². The van der Waals surface area contributed by atoms with E-state index in [9.17, 15) is 9.59 Å². The van der Waals surface area contributed by atoms with Gasteiger partial charge in [-0.1, -0.05) is 15.9 Å². The molecule has 2 rings (SSSR count). The Kier molecular flexibility index (Phi) is 5.61. The van der Waals surface area contributed by atoms with Crippen molar-refractivity contribution in [3.05, 3.63) is 28.7 Å². The van der Waals surface area contributed by atoms with E-state index in [-0.39, 0.29) is 12.3 Å². The summed E-state index contributed by atoms with van der Waals surface area (Å²) < 4.78 is 0.952. The van der Waals surface area contributed by atoms with Crippen LogP contribution in [0.1, 0.15) is 25.7 Å². The molecule has 1 fully saturated rings. The van der Waals surface area contributed by atoms with Gasteiger partial charge in [-0.2, -0.15) is 0 Å². The number of anilines is 1. The molecule has 2 amide bonds. The van der Waals surface area contributed by atoms with E-state index in [1.807, 2.05) is 29.2 Å². The summed E-state index contributed by atoms with van der Waals surface area (Å²) in [5.74, 6) is -0.522. The van der Waals surface area contributed by atoms with Crippen LogP contribution in [0, 0.1) is 0 Å². The Bertz CT molecular complexity index is 498. The zero-order chi connectivity index (χ0) is 15.2. The standard InChI is InChI=1S/C15H20BrN3O2/c16-11-4-6-12(7-5-11)18-13(15(17)21)10-14(20)19-8-2-1-3-9-19/h4-7,13,18H,1-3,8-10H2,(H2,17,21). The second-order valence-electron chi connectivity index (χ2n) is 5.25. The molecule has 0 saturated carbocycles. The van der Waals surface area contributed by atoms with E-state index in [0.717, 1.165) is 36.1 Å². The predicted octanol–water partition coefficient (Wildman–Crippen LogP) is 2.12. The summed E-state index contributed by atoms with van der Waals surface area (Å²) in [6.45, 7) is 1.56. The maximum absolute atomic E-state index is 12.2. The highest BCUT2D eigenvalue weighted by Gasteiger charge is 2.24. The van der Waals surface area contributed by atoms with Crippen LogP contribution in [0.4, 0.5) is 5.69 Å². The lowest BCUT2D eigenvalue weighted by Gasteiger charge is -2.28. The maximum Gasteiger partial charge on any atom is 0.240 e. The van der Waals surface area contributed by atoms with E-state index in [1.165, 1.54) is 6.42 Å². The summed E-state index contributed by atoms with van der Waals surface area (Å²) in [6, 6.07) is 6.73. The highest BCUT2D eigenvalue weighted by molar-refractivity contribution is 9.10. The molecule has 0 spiro atoms. The fourth-order valence-corrected chi connectivity index (χ4v) is 2.68. The number of piperidine rings is 1. The fraction of sp³-hybridized carbons (Fsp3) is 0.467. The summed E-state index contributed by atoms with van der Waals surface area (Å²) in [7, 11) is 0. The van der Waals surface area contributed by atoms with Gasteiger partial charge in [0.1, 0.15) is 6.04 Å². The third kappa shape index (κ3) is 4.74. The first-order valence-corrected chi connectivity index (χ1v) is 7.95. The molecule has 1 aromatic carbocycles. The molecule has 1 aliphatic heterocycles. The molecular formula is C15H20BrN3O2. The van der Waals surface area contributed by atoms with E-state index in [4.69, 9.17) is 5.73 Å². The van der Waals surface area contributed by atoms with E-state index >= 15 is 0 Å². The molecule has 3 N–H and O–H groups in total. The van der Waals surface area contributed by atoms with Gasteiger partial charge in [0.15, 0.2) is 0 Å². The van der Waals surface area contributed by atoms with Gasteiger partial charge in [-0.05, 0) is 43.5 Å². The van der Waals surface area contributed by atoms with Crippen molar-refractivity contribution in [1.29, 1.82) is 0 Å². The second-order valence-corrected chi connectivity index (χ2v) is 6.17. The topological polar surface area (TPSA) is 75.4 Å². The average molecular weight is 354 g/mol. The Morgan fingerprint density at radius 1 is 1.19 bits per heavy atom. The normalized spacial score (nSPS) is 16.3. The van der Waals surface area contributed by atoms with Gasteiger partial charge in [-0.3, -0.25) is 9.59 Å². The zero-order valence-corrected chi connectivity index (χ0v) is 13.4. The van der Waals surface area contributed by atoms with Crippen molar-refractivity contribution >= 4 is 33.4 Å². The molecule has 21 heavy (non-hydrogen) atoms. The Labute approximate surface area is 133 Å². The summed E-state index contributed by atoms with van der Waals surface area (Å²) in [4.78, 5) is 25.6. The molecule has 0 aliphatic carbocycles. The van der Waals surface area contributed by atoms with Gasteiger partial charge in [0, 0.05) is 23.2 Å². The van der Waals surface area contributed by atoms with E-state index in [2.05, 4.69) is 21.2 Å². The summed E-state index contributed by atoms with van der Waals surface area (Å²) in [6.07, 6.45) is 3.34. The van der Waals surface area contributed by atoms with Gasteiger partial charge in [0.25, 0.3) is 0 Å². The Morgan fingerprint density at radius 2 is 1.81 bits per heavy atom. The minimum absolute atomic E-state index is 0.0110. The van der Waals surface area contributed by atoms with Crippen LogP contribution in [0.25, 0.3) is 0 Å². The van der Waals surface area contributed by atoms with Gasteiger partial charge >= 0.3 is 0 Å². The predicted molar refractivity (Wildman–Crippen MR) is 85.8 cm³/mol. The quantitative estimate of drug-likeness (QED) is 0.851. The largest absolute Gasteiger partial charge is 0.373 e. The van der Waals surface area contributed by atoms with Gasteiger partial charge in [0.05, 0.1) is 6.42 Å². The van der Waals surface area contributed by atoms with Crippen LogP contribution in [-0.4, -0.2) is 35.8 Å². The number of carbonyl (C=O) groups is 2. The highest BCUT2D eigenvalue weighted by atomic mass is 79.9. The minimum atomic E-state index is -0.680. The Morgan fingerprint density at radius 3 is 2.38 bits per heavy atom. The summed E-state index contributed by atoms with van der Waals surface area (Å²) >= 11 is 3.35. The van der Waals surface area contributed by atoms with Crippen LogP contribution in [-0.2, 0) is 9.59 Å². The number of nitrogens with zero attached hydrogens (tertiary/aromatic N) is 1. The number of amides is 2. The van der Waals surface area contributed by atoms with E-state index in [0.29, 0.717) is 0 Å². The molecule has 0 bridgehead atoms. The molecule has 1 atom stereocenters. The molecule has 6 heteroatoms. The number of carbonyl (C=O) groups excluding carboxylic acids is 2. The van der Waals surface area contributed by atoms with Crippen LogP contribution in [0.5, 0.6) is 0 Å². The van der Waals surface area contributed by atoms with Crippen LogP contribution < -0.4 is 11.1 Å². The molecule has 1 unspecified atom stereocenters. The van der Waals surface area contributed by atoms with Crippen molar-refractivity contribution in [2.24, 2.45) is 5.73 Å². The number of nitrogens with one attached hydrogen (secondary N) is 1. The number of benzene rings is 1. The SMILES string of the molecule is NC(=O)C(CC(=O)N1CCCCC1)Nc1ccc(Br)cc1. The molecule has 1 aliphatic rings. The van der Waals surface area contributed by atoms with Gasteiger partial charge < -0.3 is 16.0 Å². The first kappa shape index (κ1) is 15.8. The number of rotatable bonds is 5. The lowest BCUT2D eigenvalue weighted by atomic mass is 10.1. The van der Waals surface area contributed by atoms with Crippen molar-refractivity contribution in [2.45, 2.75) is 31.7 Å². The second kappa shape index (κ2) is 7.45. The summed E-state index contributed by atoms with van der Waals surface area (Å²) in [5.41, 5.74) is 6.18. The molecule has 114 valence electrons. The van der Waals surface area contributed by atoms with Crippen molar-refractivity contribution in [3.63, 3.8) is 0 Å². The van der Waals surface area contributed by atoms with E-state index < -0.39 is 11.9 Å². The fourth-order valence-electron chi connectivity index (χ4n) is 2.42. The molecule has 1 saturated heterocycles. The first-order valence-electron chi connectivity index (χ1n) is 7.15. The van der Waals surface area contributed by atoms with Crippen LogP contribution >= 0.6 is 15.9 Å². The van der Waals surface area contributed by atoms with Crippen molar-refractivity contribution < 1.29 is 9.59 Å². The monoisotopic (exact) mass is 353 g/mol. The molecule has 1 heterocycles. The molecular weight excluding hydrogens is 334 g/mol. The molecule has 1 aromatic rings. The third-order valence-electron chi connectivity index (χ3n) is 3.62. The molecule has 5 nitrogen and oxygen atoms in total. The van der Waals surface area contributed by atoms with E-state index in [1.54, 1.807) is 0 Å². The van der Waals surface area contributed by atoms with Crippen LogP contribution in [0.2, 0.25) is 0 Å². The van der Waals surface area contributed by atoms with Gasteiger partial charge in [0.2, 0.25) is 11.8 Å². The van der Waals surface area contributed by atoms with Crippen LogP contribution in [0.3, 0.4) is 0 Å². The number of nitrogens with two attached hydrogens (primary N) is 1. The zero-order valence-electron chi connectivity index (χ0n) is 11.8. The third-order valence-corrected chi connectivity index (χ3v) is 4.14. The highest BCUT2D eigenvalue weighted by Crippen LogP contribution is 2.17.